The molecule has 0 unspecified atom stereocenters. The summed E-state index contributed by atoms with van der Waals surface area (Å²) in [4.78, 5) is 39.0. The zero-order valence-electron chi connectivity index (χ0n) is 18.0. The van der Waals surface area contributed by atoms with Crippen LogP contribution in [-0.4, -0.2) is 44.1 Å². The number of esters is 1. The van der Waals surface area contributed by atoms with Gasteiger partial charge in [0.05, 0.1) is 18.4 Å². The molecule has 1 aliphatic carbocycles. The Morgan fingerprint density at radius 1 is 1.03 bits per heavy atom. The van der Waals surface area contributed by atoms with Gasteiger partial charge in [-0.15, -0.1) is 0 Å². The van der Waals surface area contributed by atoms with Gasteiger partial charge in [-0.3, -0.25) is 9.59 Å². The average molecular weight is 459 g/mol. The number of para-hydroxylation sites is 1. The number of hydrogen-bond acceptors (Lipinski definition) is 5. The molecule has 7 nitrogen and oxygen atoms in total. The fraction of sp³-hybridized carbons (Fsp3) is 0.375. The summed E-state index contributed by atoms with van der Waals surface area (Å²) in [5.74, 6) is -1.29. The number of nitrogens with one attached hydrogen (secondary N) is 1. The highest BCUT2D eigenvalue weighted by Crippen LogP contribution is 2.27. The van der Waals surface area contributed by atoms with Crippen LogP contribution < -0.4 is 10.2 Å². The number of nitrogens with zero attached hydrogens (tertiary/aromatic N) is 1. The number of anilines is 2. The predicted molar refractivity (Wildman–Crippen MR) is 123 cm³/mol. The van der Waals surface area contributed by atoms with Gasteiger partial charge in [0.25, 0.3) is 5.91 Å². The lowest BCUT2D eigenvalue weighted by molar-refractivity contribution is -0.127. The van der Waals surface area contributed by atoms with E-state index in [2.05, 4.69) is 5.32 Å². The van der Waals surface area contributed by atoms with E-state index in [1.54, 1.807) is 11.0 Å². The van der Waals surface area contributed by atoms with Gasteiger partial charge in [0, 0.05) is 16.8 Å². The minimum absolute atomic E-state index is 0.132. The van der Waals surface area contributed by atoms with Gasteiger partial charge in [-0.05, 0) is 43.2 Å². The third kappa shape index (κ3) is 6.31. The number of halogens is 1. The fourth-order valence-corrected chi connectivity index (χ4v) is 4.05. The molecule has 8 heteroatoms. The Balaban J connectivity index is 1.59. The first kappa shape index (κ1) is 23.8. The largest absolute Gasteiger partial charge is 0.465 e. The van der Waals surface area contributed by atoms with E-state index in [4.69, 9.17) is 21.1 Å². The molecular formula is C24H27ClN2O5. The molecule has 0 aromatic heterocycles. The molecule has 0 heterocycles. The molecular weight excluding hydrogens is 432 g/mol. The van der Waals surface area contributed by atoms with Crippen LogP contribution in [0.3, 0.4) is 0 Å². The second-order valence-electron chi connectivity index (χ2n) is 7.61. The van der Waals surface area contributed by atoms with Gasteiger partial charge in [-0.2, -0.15) is 0 Å². The summed E-state index contributed by atoms with van der Waals surface area (Å²) >= 11 is 5.93. The first-order valence-corrected chi connectivity index (χ1v) is 11.0. The maximum atomic E-state index is 13.0. The molecule has 0 saturated heterocycles. The van der Waals surface area contributed by atoms with Gasteiger partial charge < -0.3 is 19.7 Å². The number of methoxy groups -OCH3 is 1. The summed E-state index contributed by atoms with van der Waals surface area (Å²) in [5.41, 5.74) is 1.23. The van der Waals surface area contributed by atoms with E-state index < -0.39 is 11.9 Å². The Labute approximate surface area is 192 Å². The van der Waals surface area contributed by atoms with Crippen LogP contribution in [0.4, 0.5) is 11.4 Å². The highest BCUT2D eigenvalue weighted by Gasteiger charge is 2.27. The number of ether oxygens (including phenoxy) is 2. The van der Waals surface area contributed by atoms with Crippen LogP contribution in [0, 0.1) is 0 Å². The normalized spacial score (nSPS) is 13.9. The molecule has 1 N–H and O–H groups in total. The highest BCUT2D eigenvalue weighted by atomic mass is 35.5. The molecule has 1 aliphatic rings. The SMILES string of the molecule is COC(=O)c1cc(Cl)ccc1NC(=O)COCC(=O)N(c1ccccc1)C1CCCCC1. The first-order chi connectivity index (χ1) is 15.5. The first-order valence-electron chi connectivity index (χ1n) is 10.6. The van der Waals surface area contributed by atoms with E-state index in [0.717, 1.165) is 31.4 Å². The van der Waals surface area contributed by atoms with E-state index in [9.17, 15) is 14.4 Å². The van der Waals surface area contributed by atoms with Crippen molar-refractivity contribution in [3.8, 4) is 0 Å². The summed E-state index contributed by atoms with van der Waals surface area (Å²) in [6.45, 7) is -0.550. The average Bonchev–Trinajstić information content (AvgIpc) is 2.81. The van der Waals surface area contributed by atoms with Crippen LogP contribution in [0.1, 0.15) is 42.5 Å². The summed E-state index contributed by atoms with van der Waals surface area (Å²) in [7, 11) is 1.24. The van der Waals surface area contributed by atoms with Crippen molar-refractivity contribution in [3.05, 3.63) is 59.1 Å². The maximum Gasteiger partial charge on any atom is 0.340 e. The molecule has 1 fully saturated rings. The fourth-order valence-electron chi connectivity index (χ4n) is 3.88. The van der Waals surface area contributed by atoms with Crippen molar-refractivity contribution in [3.63, 3.8) is 0 Å². The van der Waals surface area contributed by atoms with Crippen LogP contribution in [0.5, 0.6) is 0 Å². The van der Waals surface area contributed by atoms with E-state index >= 15 is 0 Å². The molecule has 0 radical (unpaired) electrons. The number of benzene rings is 2. The minimum atomic E-state index is -0.620. The van der Waals surface area contributed by atoms with Crippen LogP contribution in [-0.2, 0) is 19.1 Å². The van der Waals surface area contributed by atoms with Crippen molar-refractivity contribution in [2.75, 3.05) is 30.5 Å². The molecule has 3 rings (SSSR count). The van der Waals surface area contributed by atoms with E-state index in [-0.39, 0.29) is 36.4 Å². The lowest BCUT2D eigenvalue weighted by atomic mass is 9.93. The summed E-state index contributed by atoms with van der Waals surface area (Å²) in [6, 6.07) is 14.1. The zero-order chi connectivity index (χ0) is 22.9. The van der Waals surface area contributed by atoms with Crippen molar-refractivity contribution < 1.29 is 23.9 Å². The molecule has 2 aromatic carbocycles. The Bertz CT molecular complexity index is 945. The Kier molecular flexibility index (Phi) is 8.64. The molecule has 1 saturated carbocycles. The topological polar surface area (TPSA) is 84.9 Å². The third-order valence-corrected chi connectivity index (χ3v) is 5.60. The quantitative estimate of drug-likeness (QED) is 0.591. The van der Waals surface area contributed by atoms with Crippen molar-refractivity contribution >= 4 is 40.8 Å². The smallest absolute Gasteiger partial charge is 0.340 e. The van der Waals surface area contributed by atoms with Gasteiger partial charge in [-0.1, -0.05) is 49.1 Å². The second kappa shape index (κ2) is 11.6. The standard InChI is InChI=1S/C24H27ClN2O5/c1-31-24(30)20-14-17(25)12-13-21(20)26-22(28)15-32-16-23(29)27(18-8-4-2-5-9-18)19-10-6-3-7-11-19/h2,4-5,8-9,12-14,19H,3,6-7,10-11,15-16H2,1H3,(H,26,28). The van der Waals surface area contributed by atoms with Gasteiger partial charge in [-0.25, -0.2) is 4.79 Å². The molecule has 2 aromatic rings. The van der Waals surface area contributed by atoms with Gasteiger partial charge in [0.2, 0.25) is 5.91 Å². The minimum Gasteiger partial charge on any atom is -0.465 e. The van der Waals surface area contributed by atoms with Crippen LogP contribution >= 0.6 is 11.6 Å². The van der Waals surface area contributed by atoms with E-state index in [1.165, 1.54) is 25.7 Å². The third-order valence-electron chi connectivity index (χ3n) is 5.36. The predicted octanol–water partition coefficient (Wildman–Crippen LogP) is 4.45. The van der Waals surface area contributed by atoms with E-state index in [1.807, 2.05) is 30.3 Å². The summed E-state index contributed by atoms with van der Waals surface area (Å²) < 4.78 is 10.1. The zero-order valence-corrected chi connectivity index (χ0v) is 18.8. The number of carbonyl (C=O) groups excluding carboxylic acids is 3. The number of amides is 2. The molecule has 2 amide bonds. The lowest BCUT2D eigenvalue weighted by Gasteiger charge is -2.34. The van der Waals surface area contributed by atoms with Gasteiger partial charge >= 0.3 is 5.97 Å². The number of carbonyl (C=O) groups is 3. The molecule has 32 heavy (non-hydrogen) atoms. The molecule has 0 bridgehead atoms. The molecule has 0 atom stereocenters. The van der Waals surface area contributed by atoms with Crippen molar-refractivity contribution in [1.82, 2.24) is 0 Å². The van der Waals surface area contributed by atoms with Crippen LogP contribution in [0.15, 0.2) is 48.5 Å². The van der Waals surface area contributed by atoms with Crippen molar-refractivity contribution in [2.24, 2.45) is 0 Å². The molecule has 170 valence electrons. The Morgan fingerprint density at radius 2 is 1.75 bits per heavy atom. The summed E-state index contributed by atoms with van der Waals surface area (Å²) in [6.07, 6.45) is 5.27. The van der Waals surface area contributed by atoms with Gasteiger partial charge in [0.1, 0.15) is 13.2 Å². The Hall–Kier alpha value is -2.90. The summed E-state index contributed by atoms with van der Waals surface area (Å²) in [5, 5.41) is 2.94. The molecule has 0 aliphatic heterocycles. The molecule has 0 spiro atoms. The highest BCUT2D eigenvalue weighted by molar-refractivity contribution is 6.31. The second-order valence-corrected chi connectivity index (χ2v) is 8.05. The van der Waals surface area contributed by atoms with Crippen molar-refractivity contribution in [2.45, 2.75) is 38.1 Å². The number of hydrogen-bond donors (Lipinski definition) is 1. The van der Waals surface area contributed by atoms with Crippen molar-refractivity contribution in [1.29, 1.82) is 0 Å². The van der Waals surface area contributed by atoms with Gasteiger partial charge in [0.15, 0.2) is 0 Å². The Morgan fingerprint density at radius 3 is 2.44 bits per heavy atom. The maximum absolute atomic E-state index is 13.0. The van der Waals surface area contributed by atoms with Crippen LogP contribution in [0.2, 0.25) is 5.02 Å². The monoisotopic (exact) mass is 458 g/mol. The number of rotatable bonds is 8. The van der Waals surface area contributed by atoms with Crippen LogP contribution in [0.25, 0.3) is 0 Å². The van der Waals surface area contributed by atoms with E-state index in [0.29, 0.717) is 5.02 Å². The lowest BCUT2D eigenvalue weighted by Crippen LogP contribution is -2.43.